The van der Waals surface area contributed by atoms with Crippen molar-refractivity contribution < 1.29 is 0 Å². The van der Waals surface area contributed by atoms with Crippen molar-refractivity contribution in [2.45, 2.75) is 13.3 Å². The molecule has 40 valence electrons. The molecular weight excluding hydrogens is 130 g/mol. The van der Waals surface area contributed by atoms with E-state index in [4.69, 9.17) is 22.9 Å². The maximum Gasteiger partial charge on any atom is 0.375 e. The largest absolute Gasteiger partial charge is 0.375 e. The second-order valence-corrected chi connectivity index (χ2v) is 2.33. The lowest BCUT2D eigenvalue weighted by atomic mass is 10.1. The summed E-state index contributed by atoms with van der Waals surface area (Å²) in [7, 11) is 0. The third-order valence-electron chi connectivity index (χ3n) is 0.517. The molecule has 0 bridgehead atoms. The van der Waals surface area contributed by atoms with Crippen LogP contribution < -0.4 is 0 Å². The van der Waals surface area contributed by atoms with Crippen LogP contribution >= 0.6 is 22.9 Å². The Morgan fingerprint density at radius 3 is 2.29 bits per heavy atom. The molecular formula is C4H7BCl2. The van der Waals surface area contributed by atoms with Gasteiger partial charge in [0.1, 0.15) is 0 Å². The van der Waals surface area contributed by atoms with Crippen LogP contribution in [0, 0.1) is 0 Å². The minimum absolute atomic E-state index is 0.333. The molecule has 0 fully saturated rings. The predicted molar refractivity (Wildman–Crippen MR) is 36.9 cm³/mol. The number of allylic oxidation sites excluding steroid dienone is 1. The van der Waals surface area contributed by atoms with Crippen molar-refractivity contribution in [1.29, 1.82) is 0 Å². The Hall–Kier alpha value is 0.385. The molecule has 0 aromatic rings. The topological polar surface area (TPSA) is 0 Å². The summed E-state index contributed by atoms with van der Waals surface area (Å²) >= 11 is 10.7. The van der Waals surface area contributed by atoms with Crippen LogP contribution in [0.2, 0.25) is 0 Å². The van der Waals surface area contributed by atoms with Gasteiger partial charge in [-0.1, -0.05) is 19.0 Å². The Bertz CT molecular complexity index is 60.7. The van der Waals surface area contributed by atoms with Gasteiger partial charge in [0.2, 0.25) is 0 Å². The highest BCUT2D eigenvalue weighted by molar-refractivity contribution is 7.36. The minimum atomic E-state index is -0.333. The summed E-state index contributed by atoms with van der Waals surface area (Å²) < 4.78 is 0. The summed E-state index contributed by atoms with van der Waals surface area (Å²) in [6.07, 6.45) is 2.93. The van der Waals surface area contributed by atoms with E-state index < -0.39 is 0 Å². The molecule has 0 radical (unpaired) electrons. The van der Waals surface area contributed by atoms with Crippen LogP contribution in [0.3, 0.4) is 0 Å². The molecule has 0 atom stereocenters. The smallest absolute Gasteiger partial charge is 0.165 e. The number of hydrogen-bond acceptors (Lipinski definition) is 0. The van der Waals surface area contributed by atoms with Crippen LogP contribution in [0.5, 0.6) is 0 Å². The third kappa shape index (κ3) is 6.38. The molecule has 0 saturated carbocycles. The molecule has 0 saturated heterocycles. The van der Waals surface area contributed by atoms with Crippen LogP contribution in [0.25, 0.3) is 0 Å². The summed E-state index contributed by atoms with van der Waals surface area (Å²) in [5, 5.41) is 0. The molecule has 0 N–H and O–H groups in total. The van der Waals surface area contributed by atoms with Crippen LogP contribution in [0.1, 0.15) is 13.3 Å². The minimum Gasteiger partial charge on any atom is -0.165 e. The maximum absolute atomic E-state index is 5.34. The van der Waals surface area contributed by atoms with Gasteiger partial charge in [-0.3, -0.25) is 0 Å². The molecule has 0 aromatic carbocycles. The maximum atomic E-state index is 5.34. The molecule has 0 rings (SSSR count). The van der Waals surface area contributed by atoms with Gasteiger partial charge in [-0.15, -0.1) is 0 Å². The molecule has 0 aliphatic carbocycles. The van der Waals surface area contributed by atoms with Crippen molar-refractivity contribution in [2.24, 2.45) is 0 Å². The first-order valence-electron chi connectivity index (χ1n) is 2.22. The molecule has 0 aromatic heterocycles. The van der Waals surface area contributed by atoms with Crippen LogP contribution in [0.4, 0.5) is 0 Å². The summed E-state index contributed by atoms with van der Waals surface area (Å²) in [5.41, 5.74) is -0.333. The lowest BCUT2D eigenvalue weighted by Gasteiger charge is -1.78. The quantitative estimate of drug-likeness (QED) is 0.512. The fraction of sp³-hybridized carbons (Fsp3) is 0.500. The number of hydrogen-bond donors (Lipinski definition) is 0. The van der Waals surface area contributed by atoms with Gasteiger partial charge in [-0.05, 0) is 6.42 Å². The Morgan fingerprint density at radius 1 is 1.57 bits per heavy atom. The zero-order chi connectivity index (χ0) is 5.70. The van der Waals surface area contributed by atoms with Gasteiger partial charge < -0.3 is 0 Å². The summed E-state index contributed by atoms with van der Waals surface area (Å²) in [6, 6.07) is 0. The van der Waals surface area contributed by atoms with E-state index >= 15 is 0 Å². The van der Waals surface area contributed by atoms with E-state index in [2.05, 4.69) is 0 Å². The van der Waals surface area contributed by atoms with Gasteiger partial charge >= 0.3 is 5.54 Å². The van der Waals surface area contributed by atoms with E-state index in [0.29, 0.717) is 0 Å². The van der Waals surface area contributed by atoms with E-state index in [0.717, 1.165) is 6.42 Å². The lowest BCUT2D eigenvalue weighted by molar-refractivity contribution is 1.23. The van der Waals surface area contributed by atoms with Crippen molar-refractivity contribution >= 4 is 28.5 Å². The first-order chi connectivity index (χ1) is 3.27. The second-order valence-electron chi connectivity index (χ2n) is 1.17. The van der Waals surface area contributed by atoms with Gasteiger partial charge in [0.05, 0.1) is 0 Å². The van der Waals surface area contributed by atoms with Crippen LogP contribution in [0.15, 0.2) is 12.1 Å². The summed E-state index contributed by atoms with van der Waals surface area (Å²) in [6.45, 7) is 2.03. The first kappa shape index (κ1) is 7.38. The lowest BCUT2D eigenvalue weighted by Crippen LogP contribution is -1.81. The fourth-order valence-electron chi connectivity index (χ4n) is 0.239. The van der Waals surface area contributed by atoms with Gasteiger partial charge in [-0.25, -0.2) is 0 Å². The highest BCUT2D eigenvalue weighted by atomic mass is 35.5. The number of rotatable bonds is 2. The molecule has 0 aliphatic heterocycles. The fourth-order valence-corrected chi connectivity index (χ4v) is 0.445. The highest BCUT2D eigenvalue weighted by Crippen LogP contribution is 1.96. The van der Waals surface area contributed by atoms with Gasteiger partial charge in [0, 0.05) is 0 Å². The number of halogens is 2. The summed E-state index contributed by atoms with van der Waals surface area (Å²) in [4.78, 5) is 0. The Labute approximate surface area is 54.4 Å². The molecule has 0 heterocycles. The normalized spacial score (nSPS) is 10.1. The van der Waals surface area contributed by atoms with E-state index in [-0.39, 0.29) is 5.54 Å². The molecule has 7 heavy (non-hydrogen) atoms. The van der Waals surface area contributed by atoms with Crippen molar-refractivity contribution in [3.05, 3.63) is 12.1 Å². The van der Waals surface area contributed by atoms with E-state index in [1.807, 2.05) is 13.0 Å². The second kappa shape index (κ2) is 4.54. The molecule has 0 amide bonds. The Kier molecular flexibility index (Phi) is 4.79. The van der Waals surface area contributed by atoms with E-state index in [9.17, 15) is 0 Å². The average Bonchev–Trinajstić information content (AvgIpc) is 1.61. The van der Waals surface area contributed by atoms with Gasteiger partial charge in [0.25, 0.3) is 0 Å². The van der Waals surface area contributed by atoms with Gasteiger partial charge in [0.15, 0.2) is 0 Å². The van der Waals surface area contributed by atoms with Crippen LogP contribution in [-0.4, -0.2) is 5.54 Å². The van der Waals surface area contributed by atoms with Crippen LogP contribution in [-0.2, 0) is 0 Å². The zero-order valence-corrected chi connectivity index (χ0v) is 5.71. The zero-order valence-electron chi connectivity index (χ0n) is 4.20. The third-order valence-corrected chi connectivity index (χ3v) is 0.808. The highest BCUT2D eigenvalue weighted by Gasteiger charge is 1.94. The predicted octanol–water partition coefficient (Wildman–Crippen LogP) is 2.46. The molecule has 0 spiro atoms. The van der Waals surface area contributed by atoms with Gasteiger partial charge in [-0.2, -0.15) is 22.9 Å². The van der Waals surface area contributed by atoms with Crippen molar-refractivity contribution in [1.82, 2.24) is 0 Å². The molecule has 0 unspecified atom stereocenters. The first-order valence-corrected chi connectivity index (χ1v) is 3.09. The molecule has 3 heteroatoms. The van der Waals surface area contributed by atoms with Crippen molar-refractivity contribution in [3.63, 3.8) is 0 Å². The van der Waals surface area contributed by atoms with Crippen molar-refractivity contribution in [2.75, 3.05) is 0 Å². The van der Waals surface area contributed by atoms with E-state index in [1.165, 1.54) is 0 Å². The van der Waals surface area contributed by atoms with E-state index in [1.54, 1.807) is 5.98 Å². The SMILES string of the molecule is CCC=CB(Cl)Cl. The summed E-state index contributed by atoms with van der Waals surface area (Å²) in [5.74, 6) is 1.75. The average molecular weight is 137 g/mol. The Balaban J connectivity index is 3.08. The molecule has 0 nitrogen and oxygen atoms in total. The monoisotopic (exact) mass is 136 g/mol. The molecule has 0 aliphatic rings. The Morgan fingerprint density at radius 2 is 2.14 bits per heavy atom. The van der Waals surface area contributed by atoms with Crippen molar-refractivity contribution in [3.8, 4) is 0 Å². The standard InChI is InChI=1S/C4H7BCl2/c1-2-3-4-5(6)7/h3-4H,2H2,1H3.